The molecule has 3 rings (SSSR count). The maximum absolute atomic E-state index is 12.3. The Morgan fingerprint density at radius 3 is 2.74 bits per heavy atom. The SMILES string of the molecule is COc1cccc(NC(=O)COC(=O)[C@H]2CC(=O)N(C3CCCCC3)C2)c1. The molecule has 1 heterocycles. The van der Waals surface area contributed by atoms with E-state index in [1.165, 1.54) is 6.42 Å². The minimum Gasteiger partial charge on any atom is -0.497 e. The normalized spacial score (nSPS) is 20.4. The first-order valence-corrected chi connectivity index (χ1v) is 9.47. The van der Waals surface area contributed by atoms with Crippen LogP contribution in [0.1, 0.15) is 38.5 Å². The topological polar surface area (TPSA) is 84.9 Å². The number of likely N-dealkylation sites (tertiary alicyclic amines) is 1. The van der Waals surface area contributed by atoms with Gasteiger partial charge in [0, 0.05) is 30.8 Å². The lowest BCUT2D eigenvalue weighted by Gasteiger charge is -2.31. The van der Waals surface area contributed by atoms with Crippen molar-refractivity contribution in [2.75, 3.05) is 25.6 Å². The molecular weight excluding hydrogens is 348 g/mol. The Morgan fingerprint density at radius 1 is 1.22 bits per heavy atom. The van der Waals surface area contributed by atoms with Gasteiger partial charge in [-0.15, -0.1) is 0 Å². The molecule has 2 aliphatic rings. The zero-order valence-electron chi connectivity index (χ0n) is 15.6. The monoisotopic (exact) mass is 374 g/mol. The third-order valence-electron chi connectivity index (χ3n) is 5.21. The van der Waals surface area contributed by atoms with Gasteiger partial charge in [0.25, 0.3) is 5.91 Å². The number of rotatable bonds is 6. The lowest BCUT2D eigenvalue weighted by atomic mass is 9.94. The molecule has 146 valence electrons. The molecule has 1 saturated heterocycles. The zero-order valence-corrected chi connectivity index (χ0v) is 15.6. The van der Waals surface area contributed by atoms with Gasteiger partial charge in [-0.2, -0.15) is 0 Å². The number of benzene rings is 1. The second kappa shape index (κ2) is 8.88. The molecule has 1 aliphatic carbocycles. The number of amides is 2. The van der Waals surface area contributed by atoms with Gasteiger partial charge in [-0.05, 0) is 25.0 Å². The summed E-state index contributed by atoms with van der Waals surface area (Å²) in [5.74, 6) is -0.752. The summed E-state index contributed by atoms with van der Waals surface area (Å²) in [7, 11) is 1.54. The molecule has 2 fully saturated rings. The Morgan fingerprint density at radius 2 is 2.00 bits per heavy atom. The van der Waals surface area contributed by atoms with E-state index in [1.807, 2.05) is 4.90 Å². The van der Waals surface area contributed by atoms with Crippen molar-refractivity contribution < 1.29 is 23.9 Å². The van der Waals surface area contributed by atoms with Crippen LogP contribution < -0.4 is 10.1 Å². The summed E-state index contributed by atoms with van der Waals surface area (Å²) in [5.41, 5.74) is 0.565. The number of ether oxygens (including phenoxy) is 2. The molecule has 0 unspecified atom stereocenters. The Bertz CT molecular complexity index is 699. The van der Waals surface area contributed by atoms with Crippen molar-refractivity contribution in [1.29, 1.82) is 0 Å². The molecule has 1 N–H and O–H groups in total. The maximum Gasteiger partial charge on any atom is 0.311 e. The molecule has 1 atom stereocenters. The predicted octanol–water partition coefficient (Wildman–Crippen LogP) is 2.36. The van der Waals surface area contributed by atoms with E-state index in [2.05, 4.69) is 5.32 Å². The van der Waals surface area contributed by atoms with E-state index >= 15 is 0 Å². The number of hydrogen-bond acceptors (Lipinski definition) is 5. The average molecular weight is 374 g/mol. The number of carbonyl (C=O) groups is 3. The van der Waals surface area contributed by atoms with Gasteiger partial charge in [0.1, 0.15) is 5.75 Å². The Hall–Kier alpha value is -2.57. The average Bonchev–Trinajstić information content (AvgIpc) is 3.08. The van der Waals surface area contributed by atoms with Crippen molar-refractivity contribution in [3.63, 3.8) is 0 Å². The largest absolute Gasteiger partial charge is 0.497 e. The lowest BCUT2D eigenvalue weighted by Crippen LogP contribution is -2.38. The highest BCUT2D eigenvalue weighted by Crippen LogP contribution is 2.29. The summed E-state index contributed by atoms with van der Waals surface area (Å²) in [6, 6.07) is 7.17. The first-order chi connectivity index (χ1) is 13.1. The van der Waals surface area contributed by atoms with Gasteiger partial charge in [0.2, 0.25) is 5.91 Å². The summed E-state index contributed by atoms with van der Waals surface area (Å²) in [6.07, 6.45) is 5.67. The first kappa shape index (κ1) is 19.2. The van der Waals surface area contributed by atoms with Crippen LogP contribution in [0.4, 0.5) is 5.69 Å². The molecule has 0 bridgehead atoms. The van der Waals surface area contributed by atoms with Gasteiger partial charge < -0.3 is 19.7 Å². The van der Waals surface area contributed by atoms with Crippen LogP contribution in [0.25, 0.3) is 0 Å². The van der Waals surface area contributed by atoms with Crippen molar-refractivity contribution >= 4 is 23.5 Å². The molecule has 27 heavy (non-hydrogen) atoms. The van der Waals surface area contributed by atoms with E-state index in [0.29, 0.717) is 18.0 Å². The third kappa shape index (κ3) is 4.99. The maximum atomic E-state index is 12.3. The second-order valence-corrected chi connectivity index (χ2v) is 7.13. The van der Waals surface area contributed by atoms with Crippen LogP contribution in [0.3, 0.4) is 0 Å². The number of esters is 1. The quantitative estimate of drug-likeness (QED) is 0.773. The van der Waals surface area contributed by atoms with Crippen LogP contribution in [-0.4, -0.2) is 49.0 Å². The first-order valence-electron chi connectivity index (χ1n) is 9.47. The van der Waals surface area contributed by atoms with E-state index < -0.39 is 17.8 Å². The second-order valence-electron chi connectivity index (χ2n) is 7.13. The number of nitrogens with zero attached hydrogens (tertiary/aromatic N) is 1. The fourth-order valence-corrected chi connectivity index (χ4v) is 3.79. The summed E-state index contributed by atoms with van der Waals surface area (Å²) in [6.45, 7) is 0.0317. The fraction of sp³-hybridized carbons (Fsp3) is 0.550. The molecule has 1 aromatic carbocycles. The minimum absolute atomic E-state index is 0.0182. The summed E-state index contributed by atoms with van der Waals surface area (Å²) in [4.78, 5) is 38.4. The van der Waals surface area contributed by atoms with Crippen LogP contribution >= 0.6 is 0 Å². The van der Waals surface area contributed by atoms with Crippen LogP contribution in [0.5, 0.6) is 5.75 Å². The van der Waals surface area contributed by atoms with E-state index in [4.69, 9.17) is 9.47 Å². The zero-order chi connectivity index (χ0) is 19.2. The molecule has 7 heteroatoms. The lowest BCUT2D eigenvalue weighted by molar-refractivity contribution is -0.151. The van der Waals surface area contributed by atoms with Gasteiger partial charge in [-0.1, -0.05) is 25.3 Å². The number of methoxy groups -OCH3 is 1. The molecule has 2 amide bonds. The van der Waals surface area contributed by atoms with Gasteiger partial charge in [0.15, 0.2) is 6.61 Å². The molecular formula is C20H26N2O5. The summed E-state index contributed by atoms with van der Waals surface area (Å²) in [5, 5.41) is 2.66. The Labute approximate surface area is 159 Å². The van der Waals surface area contributed by atoms with E-state index in [9.17, 15) is 14.4 Å². The Balaban J connectivity index is 1.46. The van der Waals surface area contributed by atoms with Crippen LogP contribution in [0.15, 0.2) is 24.3 Å². The smallest absolute Gasteiger partial charge is 0.311 e. The van der Waals surface area contributed by atoms with Crippen molar-refractivity contribution in [2.45, 2.75) is 44.6 Å². The predicted molar refractivity (Wildman–Crippen MR) is 99.3 cm³/mol. The molecule has 7 nitrogen and oxygen atoms in total. The van der Waals surface area contributed by atoms with Gasteiger partial charge in [-0.3, -0.25) is 14.4 Å². The van der Waals surface area contributed by atoms with E-state index in [-0.39, 0.29) is 25.0 Å². The minimum atomic E-state index is -0.484. The number of hydrogen-bond donors (Lipinski definition) is 1. The highest BCUT2D eigenvalue weighted by Gasteiger charge is 2.39. The number of carbonyl (C=O) groups excluding carboxylic acids is 3. The Kier molecular flexibility index (Phi) is 6.32. The van der Waals surface area contributed by atoms with E-state index in [0.717, 1.165) is 25.7 Å². The molecule has 0 aromatic heterocycles. The van der Waals surface area contributed by atoms with Crippen LogP contribution in [0.2, 0.25) is 0 Å². The standard InChI is InChI=1S/C20H26N2O5/c1-26-17-9-5-6-15(11-17)21-18(23)13-27-20(25)14-10-19(24)22(12-14)16-7-3-2-4-8-16/h5-6,9,11,14,16H,2-4,7-8,10,12-13H2,1H3,(H,21,23)/t14-/m0/s1. The van der Waals surface area contributed by atoms with Crippen molar-refractivity contribution in [3.8, 4) is 5.75 Å². The fourth-order valence-electron chi connectivity index (χ4n) is 3.79. The van der Waals surface area contributed by atoms with Gasteiger partial charge >= 0.3 is 5.97 Å². The number of anilines is 1. The highest BCUT2D eigenvalue weighted by molar-refractivity contribution is 5.93. The molecule has 1 aliphatic heterocycles. The van der Waals surface area contributed by atoms with Crippen molar-refractivity contribution in [2.24, 2.45) is 5.92 Å². The molecule has 0 radical (unpaired) electrons. The molecule has 1 aromatic rings. The van der Waals surface area contributed by atoms with Crippen molar-refractivity contribution in [1.82, 2.24) is 4.90 Å². The highest BCUT2D eigenvalue weighted by atomic mass is 16.5. The number of nitrogens with one attached hydrogen (secondary N) is 1. The molecule has 0 spiro atoms. The summed E-state index contributed by atoms with van der Waals surface area (Å²) < 4.78 is 10.2. The van der Waals surface area contributed by atoms with Gasteiger partial charge in [-0.25, -0.2) is 0 Å². The third-order valence-corrected chi connectivity index (χ3v) is 5.21. The van der Waals surface area contributed by atoms with Crippen LogP contribution in [0, 0.1) is 5.92 Å². The van der Waals surface area contributed by atoms with E-state index in [1.54, 1.807) is 31.4 Å². The van der Waals surface area contributed by atoms with Crippen LogP contribution in [-0.2, 0) is 19.1 Å². The molecule has 1 saturated carbocycles. The summed E-state index contributed by atoms with van der Waals surface area (Å²) >= 11 is 0. The van der Waals surface area contributed by atoms with Crippen molar-refractivity contribution in [3.05, 3.63) is 24.3 Å². The van der Waals surface area contributed by atoms with Gasteiger partial charge in [0.05, 0.1) is 13.0 Å².